The van der Waals surface area contributed by atoms with Gasteiger partial charge in [-0.1, -0.05) is 24.3 Å². The van der Waals surface area contributed by atoms with Crippen molar-refractivity contribution >= 4 is 0 Å². The number of likely N-dealkylation sites (N-methyl/N-ethyl adjacent to an activating group) is 1. The molecule has 4 aliphatic heterocycles. The summed E-state index contributed by atoms with van der Waals surface area (Å²) in [6, 6.07) is 17.5. The predicted molar refractivity (Wildman–Crippen MR) is 200 cm³/mol. The fourth-order valence-electron chi connectivity index (χ4n) is 8.20. The molecule has 4 fully saturated rings. The smallest absolute Gasteiger partial charge is 0.119 e. The number of hydrogen-bond donors (Lipinski definition) is 1. The molecule has 2 aromatic rings. The first-order chi connectivity index (χ1) is 24.0. The lowest BCUT2D eigenvalue weighted by atomic mass is 9.74. The first-order valence-electron chi connectivity index (χ1n) is 19.4. The highest BCUT2D eigenvalue weighted by atomic mass is 16.5. The van der Waals surface area contributed by atoms with E-state index in [1.54, 1.807) is 0 Å². The summed E-state index contributed by atoms with van der Waals surface area (Å²) in [5, 5.41) is 3.51. The van der Waals surface area contributed by atoms with Gasteiger partial charge in [0, 0.05) is 50.5 Å². The minimum Gasteiger partial charge on any atom is -0.494 e. The van der Waals surface area contributed by atoms with Crippen LogP contribution in [0.1, 0.15) is 81.8 Å². The van der Waals surface area contributed by atoms with Crippen LogP contribution in [0.3, 0.4) is 0 Å². The molecule has 4 saturated heterocycles. The number of unbranched alkanes of at least 4 members (excludes halogenated alkanes) is 1. The topological polar surface area (TPSA) is 58.7 Å². The van der Waals surface area contributed by atoms with Crippen LogP contribution in [0.15, 0.2) is 48.5 Å². The van der Waals surface area contributed by atoms with Crippen molar-refractivity contribution in [2.75, 3.05) is 107 Å². The molecular weight excluding hydrogens is 612 g/mol. The normalized spacial score (nSPS) is 21.0. The summed E-state index contributed by atoms with van der Waals surface area (Å²) in [7, 11) is 6.38. The highest BCUT2D eigenvalue weighted by Crippen LogP contribution is 2.36. The molecule has 0 aliphatic carbocycles. The van der Waals surface area contributed by atoms with Gasteiger partial charge in [-0.15, -0.1) is 0 Å². The van der Waals surface area contributed by atoms with Crippen LogP contribution in [0.4, 0.5) is 0 Å². The molecule has 0 aromatic heterocycles. The number of benzene rings is 2. The first kappa shape index (κ1) is 38.0. The summed E-state index contributed by atoms with van der Waals surface area (Å²) < 4.78 is 23.0. The molecule has 2 aromatic carbocycles. The number of hydrogen-bond acceptors (Lipinski definition) is 8. The molecule has 49 heavy (non-hydrogen) atoms. The molecule has 0 saturated carbocycles. The van der Waals surface area contributed by atoms with Gasteiger partial charge in [0.1, 0.15) is 11.5 Å². The molecule has 0 amide bonds. The third-order valence-electron chi connectivity index (χ3n) is 11.2. The van der Waals surface area contributed by atoms with Crippen molar-refractivity contribution < 1.29 is 18.9 Å². The monoisotopic (exact) mass is 679 g/mol. The van der Waals surface area contributed by atoms with Crippen LogP contribution in [0.5, 0.6) is 11.5 Å². The van der Waals surface area contributed by atoms with E-state index in [1.807, 2.05) is 7.05 Å². The maximum absolute atomic E-state index is 5.97. The second kappa shape index (κ2) is 20.0. The van der Waals surface area contributed by atoms with Gasteiger partial charge in [0.05, 0.1) is 13.2 Å². The summed E-state index contributed by atoms with van der Waals surface area (Å²) in [5.41, 5.74) is 3.05. The number of likely N-dealkylation sites (tertiary alicyclic amines) is 2. The van der Waals surface area contributed by atoms with Gasteiger partial charge >= 0.3 is 0 Å². The van der Waals surface area contributed by atoms with E-state index in [0.717, 1.165) is 96.2 Å². The molecule has 1 N–H and O–H groups in total. The zero-order chi connectivity index (χ0) is 34.2. The molecule has 0 spiro atoms. The third-order valence-corrected chi connectivity index (χ3v) is 11.2. The molecule has 4 heterocycles. The van der Waals surface area contributed by atoms with Crippen LogP contribution in [-0.2, 0) is 20.4 Å². The van der Waals surface area contributed by atoms with Gasteiger partial charge in [0.15, 0.2) is 0 Å². The molecule has 274 valence electrons. The SMILES string of the molecule is CN(C)CC1(c2ccc(OCCCCN3CCCC3)cc2)CCOCC1.CNC1(c2ccc(OCCCN3CCCC3)cc2)CCOCC1. The second-order valence-corrected chi connectivity index (χ2v) is 15.0. The molecule has 6 rings (SSSR count). The Morgan fingerprint density at radius 3 is 1.61 bits per heavy atom. The maximum atomic E-state index is 5.97. The van der Waals surface area contributed by atoms with Gasteiger partial charge in [-0.05, 0) is 160 Å². The van der Waals surface area contributed by atoms with Crippen LogP contribution in [-0.4, -0.2) is 121 Å². The van der Waals surface area contributed by atoms with Crippen molar-refractivity contribution in [1.82, 2.24) is 20.0 Å². The fraction of sp³-hybridized carbons (Fsp3) is 0.707. The fourth-order valence-corrected chi connectivity index (χ4v) is 8.20. The van der Waals surface area contributed by atoms with E-state index in [2.05, 4.69) is 82.6 Å². The number of rotatable bonds is 16. The van der Waals surface area contributed by atoms with E-state index in [-0.39, 0.29) is 11.0 Å². The minimum atomic E-state index is 0.0620. The lowest BCUT2D eigenvalue weighted by molar-refractivity contribution is 0.0398. The molecule has 8 heteroatoms. The second-order valence-electron chi connectivity index (χ2n) is 15.0. The van der Waals surface area contributed by atoms with Gasteiger partial charge in [0.25, 0.3) is 0 Å². The van der Waals surface area contributed by atoms with Crippen molar-refractivity contribution in [1.29, 1.82) is 0 Å². The quantitative estimate of drug-likeness (QED) is 0.207. The Morgan fingerprint density at radius 1 is 0.633 bits per heavy atom. The third kappa shape index (κ3) is 11.7. The van der Waals surface area contributed by atoms with Crippen molar-refractivity contribution in [2.45, 2.75) is 81.6 Å². The Bertz CT molecular complexity index is 1170. The standard InChI is InChI=1S/C22H36N2O2.C19H30N2O2/c1-23(2)19-22(11-17-25-18-12-22)20-7-9-21(10-8-20)26-16-6-5-15-24-13-3-4-14-24;1-20-19(9-15-22-16-10-19)17-5-7-18(8-6-17)23-14-4-13-21-11-2-3-12-21/h7-10H,3-6,11-19H2,1-2H3;5-8,20H,2-4,9-16H2,1H3. The van der Waals surface area contributed by atoms with Crippen LogP contribution in [0, 0.1) is 0 Å². The molecule has 0 radical (unpaired) electrons. The van der Waals surface area contributed by atoms with E-state index in [4.69, 9.17) is 18.9 Å². The molecule has 0 atom stereocenters. The van der Waals surface area contributed by atoms with E-state index in [9.17, 15) is 0 Å². The number of nitrogens with one attached hydrogen (secondary N) is 1. The zero-order valence-electron chi connectivity index (χ0n) is 31.1. The van der Waals surface area contributed by atoms with Crippen LogP contribution in [0.2, 0.25) is 0 Å². The van der Waals surface area contributed by atoms with Gasteiger partial charge in [-0.3, -0.25) is 0 Å². The average molecular weight is 679 g/mol. The highest BCUT2D eigenvalue weighted by Gasteiger charge is 2.35. The molecular formula is C41H66N4O4. The summed E-state index contributed by atoms with van der Waals surface area (Å²) in [4.78, 5) is 7.41. The predicted octanol–water partition coefficient (Wildman–Crippen LogP) is 6.33. The van der Waals surface area contributed by atoms with Crippen molar-refractivity contribution in [2.24, 2.45) is 0 Å². The van der Waals surface area contributed by atoms with Crippen molar-refractivity contribution in [3.8, 4) is 11.5 Å². The van der Waals surface area contributed by atoms with Crippen LogP contribution >= 0.6 is 0 Å². The Labute approximate surface area is 297 Å². The Balaban J connectivity index is 0.000000192. The van der Waals surface area contributed by atoms with Gasteiger partial charge in [0.2, 0.25) is 0 Å². The van der Waals surface area contributed by atoms with Gasteiger partial charge in [-0.25, -0.2) is 0 Å². The summed E-state index contributed by atoms with van der Waals surface area (Å²) in [6.45, 7) is 13.6. The summed E-state index contributed by atoms with van der Waals surface area (Å²) in [6.07, 6.45) is 13.2. The molecule has 0 bridgehead atoms. The Hall–Kier alpha value is -2.20. The first-order valence-corrected chi connectivity index (χ1v) is 19.4. The molecule has 4 aliphatic rings. The molecule has 0 unspecified atom stereocenters. The lowest BCUT2D eigenvalue weighted by Gasteiger charge is -2.39. The van der Waals surface area contributed by atoms with Crippen molar-refractivity contribution in [3.63, 3.8) is 0 Å². The zero-order valence-corrected chi connectivity index (χ0v) is 31.1. The number of nitrogens with zero attached hydrogens (tertiary/aromatic N) is 3. The summed E-state index contributed by atoms with van der Waals surface area (Å²) in [5.74, 6) is 1.98. The summed E-state index contributed by atoms with van der Waals surface area (Å²) >= 11 is 0. The van der Waals surface area contributed by atoms with Gasteiger partial charge in [-0.2, -0.15) is 0 Å². The number of ether oxygens (including phenoxy) is 4. The minimum absolute atomic E-state index is 0.0620. The van der Waals surface area contributed by atoms with E-state index >= 15 is 0 Å². The highest BCUT2D eigenvalue weighted by molar-refractivity contribution is 5.34. The maximum Gasteiger partial charge on any atom is 0.119 e. The largest absolute Gasteiger partial charge is 0.494 e. The Kier molecular flexibility index (Phi) is 15.5. The lowest BCUT2D eigenvalue weighted by Crippen LogP contribution is -2.44. The van der Waals surface area contributed by atoms with E-state index < -0.39 is 0 Å². The van der Waals surface area contributed by atoms with E-state index in [0.29, 0.717) is 0 Å². The average Bonchev–Trinajstić information content (AvgIpc) is 3.87. The molecule has 8 nitrogen and oxygen atoms in total. The van der Waals surface area contributed by atoms with Crippen molar-refractivity contribution in [3.05, 3.63) is 59.7 Å². The van der Waals surface area contributed by atoms with Crippen LogP contribution < -0.4 is 14.8 Å². The van der Waals surface area contributed by atoms with Crippen LogP contribution in [0.25, 0.3) is 0 Å². The Morgan fingerprint density at radius 2 is 1.10 bits per heavy atom. The van der Waals surface area contributed by atoms with E-state index in [1.165, 1.54) is 82.5 Å². The van der Waals surface area contributed by atoms with Gasteiger partial charge < -0.3 is 39.0 Å².